The molecule has 2 bridgehead atoms. The molecular formula is C37H60N9O4+. The Morgan fingerprint density at radius 1 is 1.28 bits per heavy atom. The van der Waals surface area contributed by atoms with Crippen molar-refractivity contribution >= 4 is 17.8 Å². The fourth-order valence-corrected chi connectivity index (χ4v) is 8.34. The number of aliphatic hydroxyl groups is 1. The smallest absolute Gasteiger partial charge is 0.337 e. The third kappa shape index (κ3) is 9.91. The maximum Gasteiger partial charge on any atom is 0.337 e. The number of nitrogens with two attached hydrogens (primary N) is 4. The minimum Gasteiger partial charge on any atom is -0.508 e. The van der Waals surface area contributed by atoms with Crippen LogP contribution >= 0.6 is 0 Å². The average molecular weight is 695 g/mol. The van der Waals surface area contributed by atoms with Gasteiger partial charge in [-0.05, 0) is 113 Å². The molecule has 0 spiro atoms. The molecule has 1 aliphatic heterocycles. The van der Waals surface area contributed by atoms with Crippen LogP contribution in [0.3, 0.4) is 0 Å². The Morgan fingerprint density at radius 3 is 2.78 bits per heavy atom. The predicted octanol–water partition coefficient (Wildman–Crippen LogP) is 3.89. The second kappa shape index (κ2) is 17.4. The number of aromatic nitrogens is 2. The number of guanidine groups is 1. The number of carbonyl (C=O) groups is 2. The first-order valence-corrected chi connectivity index (χ1v) is 18.2. The first-order valence-electron chi connectivity index (χ1n) is 18.2. The molecule has 2 amide bonds. The summed E-state index contributed by atoms with van der Waals surface area (Å²) in [4.78, 5) is 37.0. The Labute approximate surface area is 297 Å². The number of rotatable bonds is 16. The molecule has 0 aromatic carbocycles. The Bertz CT molecular complexity index is 1510. The molecule has 3 aliphatic rings. The molecule has 2 aliphatic carbocycles. The van der Waals surface area contributed by atoms with Gasteiger partial charge in [0.2, 0.25) is 5.91 Å². The molecule has 276 valence electrons. The number of hydrogen-bond acceptors (Lipinski definition) is 9. The lowest BCUT2D eigenvalue weighted by molar-refractivity contribution is -0.867. The van der Waals surface area contributed by atoms with Gasteiger partial charge in [0, 0.05) is 25.8 Å². The number of nitrogens with one attached hydrogen (secondary N) is 1. The lowest BCUT2D eigenvalue weighted by Crippen LogP contribution is -2.64. The van der Waals surface area contributed by atoms with Crippen molar-refractivity contribution in [3.05, 3.63) is 58.5 Å². The minimum absolute atomic E-state index is 0.0185. The quantitative estimate of drug-likeness (QED) is 0.0279. The first kappa shape index (κ1) is 39.0. The summed E-state index contributed by atoms with van der Waals surface area (Å²) in [5.74, 6) is 1.12. The summed E-state index contributed by atoms with van der Waals surface area (Å²) in [5, 5.41) is 18.0. The van der Waals surface area contributed by atoms with Crippen molar-refractivity contribution in [2.24, 2.45) is 39.3 Å². The summed E-state index contributed by atoms with van der Waals surface area (Å²) in [7, 11) is 1.88. The summed E-state index contributed by atoms with van der Waals surface area (Å²) >= 11 is 0. The molecule has 13 nitrogen and oxygen atoms in total. The minimum atomic E-state index is -0.860. The van der Waals surface area contributed by atoms with Crippen LogP contribution in [0, 0.1) is 11.3 Å². The molecule has 50 heavy (non-hydrogen) atoms. The molecule has 6 atom stereocenters. The number of aliphatic hydroxyl groups excluding tert-OH is 1. The van der Waals surface area contributed by atoms with Crippen LogP contribution in [0.1, 0.15) is 109 Å². The number of fused-ring (bicyclic) bond motifs is 2. The van der Waals surface area contributed by atoms with Gasteiger partial charge in [-0.1, -0.05) is 29.8 Å². The van der Waals surface area contributed by atoms with E-state index in [0.717, 1.165) is 49.7 Å². The highest BCUT2D eigenvalue weighted by Crippen LogP contribution is 2.50. The summed E-state index contributed by atoms with van der Waals surface area (Å²) in [6.07, 6.45) is 17.2. The largest absolute Gasteiger partial charge is 0.508 e. The van der Waals surface area contributed by atoms with Crippen LogP contribution in [0.5, 0.6) is 0 Å². The van der Waals surface area contributed by atoms with Crippen LogP contribution in [0.15, 0.2) is 56.3 Å². The Hall–Kier alpha value is -3.81. The highest BCUT2D eigenvalue weighted by atomic mass is 16.5. The standard InChI is InChI=1S/C37H59N9O4/c1-5-10-28(47)18-25(3)27-19-30(43-33(48)29(39)12-9-16-42-36(40)41)35(49)46(4,23-27)31(13-6-7-15-38)34-44-32(45-50-34)22-37-14-8-11-26(21-37)17-24(2)20-37/h5,10,17-18,24,29-31H,6-9,11-16,19-23,38-39H2,1-4H3,(H5-,40,41,42,43,47,48)/p+1/b10-5+,27-25-,28-18+/t24?,29-,30+,31+,37?,46?/m1/s1. The van der Waals surface area contributed by atoms with E-state index in [-0.39, 0.29) is 33.9 Å². The number of hydrogen-bond donors (Lipinski definition) is 6. The zero-order valence-electron chi connectivity index (χ0n) is 30.5. The van der Waals surface area contributed by atoms with Gasteiger partial charge in [-0.3, -0.25) is 9.79 Å². The molecule has 2 fully saturated rings. The van der Waals surface area contributed by atoms with E-state index >= 15 is 0 Å². The van der Waals surface area contributed by atoms with E-state index in [4.69, 9.17) is 32.4 Å². The maximum atomic E-state index is 14.6. The van der Waals surface area contributed by atoms with E-state index in [9.17, 15) is 14.7 Å². The van der Waals surface area contributed by atoms with Gasteiger partial charge < -0.3 is 37.9 Å². The third-order valence-electron chi connectivity index (χ3n) is 10.7. The molecule has 1 saturated heterocycles. The van der Waals surface area contributed by atoms with Gasteiger partial charge in [-0.2, -0.15) is 4.98 Å². The van der Waals surface area contributed by atoms with E-state index in [0.29, 0.717) is 56.5 Å². The monoisotopic (exact) mass is 694 g/mol. The van der Waals surface area contributed by atoms with E-state index in [2.05, 4.69) is 28.5 Å². The van der Waals surface area contributed by atoms with Crippen LogP contribution in [-0.2, 0) is 16.0 Å². The van der Waals surface area contributed by atoms with Crippen molar-refractivity contribution in [1.29, 1.82) is 0 Å². The van der Waals surface area contributed by atoms with Crippen LogP contribution in [0.4, 0.5) is 0 Å². The fraction of sp³-hybridized carbons (Fsp3) is 0.649. The Balaban J connectivity index is 1.66. The number of piperidine rings is 1. The van der Waals surface area contributed by atoms with Crippen molar-refractivity contribution < 1.29 is 23.7 Å². The van der Waals surface area contributed by atoms with Crippen LogP contribution in [-0.4, -0.2) is 76.3 Å². The van der Waals surface area contributed by atoms with E-state index < -0.39 is 24.0 Å². The topological polar surface area (TPSA) is 222 Å². The molecule has 3 unspecified atom stereocenters. The number of aliphatic imine (C=N–C) groups is 1. The number of likely N-dealkylation sites (tertiary alicyclic amines) is 1. The Morgan fingerprint density at radius 2 is 2.06 bits per heavy atom. The number of amides is 2. The zero-order valence-corrected chi connectivity index (χ0v) is 30.5. The lowest BCUT2D eigenvalue weighted by Gasteiger charge is -2.44. The van der Waals surface area contributed by atoms with Gasteiger partial charge in [-0.25, -0.2) is 9.28 Å². The second-order valence-electron chi connectivity index (χ2n) is 15.0. The number of carbonyl (C=O) groups excluding carboxylic acids is 2. The highest BCUT2D eigenvalue weighted by Gasteiger charge is 2.52. The predicted molar refractivity (Wildman–Crippen MR) is 195 cm³/mol. The maximum absolute atomic E-state index is 14.6. The van der Waals surface area contributed by atoms with Crippen LogP contribution in [0.25, 0.3) is 0 Å². The number of nitrogens with zero attached hydrogens (tertiary/aromatic N) is 4. The van der Waals surface area contributed by atoms with E-state index in [1.807, 2.05) is 20.9 Å². The van der Waals surface area contributed by atoms with Crippen LogP contribution in [0.2, 0.25) is 0 Å². The number of likely N-dealkylation sites (N-methyl/N-ethyl adjacent to an activating group) is 1. The SMILES string of the molecule is C/C=C/C(O)=C\C(C)=C1\C[C@H](NC(=O)[C@H](N)CCCN=C(N)N)C(=O)[N+](C)([C@@H](CCCCN)c2nc(CC34CCCC(=CC(C)C3)C4)no2)C1. The fourth-order valence-electron chi connectivity index (χ4n) is 8.34. The summed E-state index contributed by atoms with van der Waals surface area (Å²) in [6, 6.07) is -2.17. The molecule has 10 N–H and O–H groups in total. The van der Waals surface area contributed by atoms with Gasteiger partial charge in [0.15, 0.2) is 17.8 Å². The summed E-state index contributed by atoms with van der Waals surface area (Å²) in [6.45, 7) is 7.25. The summed E-state index contributed by atoms with van der Waals surface area (Å²) in [5.41, 5.74) is 26.4. The van der Waals surface area contributed by atoms with Crippen molar-refractivity contribution in [2.45, 2.75) is 116 Å². The Kier molecular flexibility index (Phi) is 13.6. The first-order chi connectivity index (χ1) is 23.8. The number of quaternary nitrogens is 1. The molecule has 1 aromatic heterocycles. The molecule has 13 heteroatoms. The zero-order chi connectivity index (χ0) is 36.5. The van der Waals surface area contributed by atoms with Crippen molar-refractivity contribution in [3.63, 3.8) is 0 Å². The van der Waals surface area contributed by atoms with Crippen LogP contribution < -0.4 is 28.3 Å². The highest BCUT2D eigenvalue weighted by molar-refractivity contribution is 5.88. The molecular weight excluding hydrogens is 634 g/mol. The van der Waals surface area contributed by atoms with Gasteiger partial charge in [0.1, 0.15) is 18.3 Å². The average Bonchev–Trinajstić information content (AvgIpc) is 3.49. The normalized spacial score (nSPS) is 27.8. The number of unbranched alkanes of at least 4 members (excludes halogenated alkanes) is 1. The molecule has 1 aromatic rings. The van der Waals surface area contributed by atoms with Gasteiger partial charge in [-0.15, -0.1) is 0 Å². The van der Waals surface area contributed by atoms with Crippen molar-refractivity contribution in [2.75, 3.05) is 26.7 Å². The molecule has 4 rings (SSSR count). The van der Waals surface area contributed by atoms with Crippen molar-refractivity contribution in [3.8, 4) is 0 Å². The van der Waals surface area contributed by atoms with E-state index in [1.165, 1.54) is 12.8 Å². The molecule has 0 radical (unpaired) electrons. The third-order valence-corrected chi connectivity index (χ3v) is 10.7. The van der Waals surface area contributed by atoms with E-state index in [1.54, 1.807) is 23.8 Å². The van der Waals surface area contributed by atoms with Gasteiger partial charge in [0.25, 0.3) is 5.89 Å². The summed E-state index contributed by atoms with van der Waals surface area (Å²) < 4.78 is 5.97. The number of allylic oxidation sites excluding steroid dienone is 6. The lowest BCUT2D eigenvalue weighted by atomic mass is 9.62. The van der Waals surface area contributed by atoms with Crippen molar-refractivity contribution in [1.82, 2.24) is 15.5 Å². The van der Waals surface area contributed by atoms with Gasteiger partial charge >= 0.3 is 5.91 Å². The van der Waals surface area contributed by atoms with Gasteiger partial charge in [0.05, 0.1) is 13.1 Å². The second-order valence-corrected chi connectivity index (χ2v) is 15.0. The molecule has 2 heterocycles. The molecule has 1 saturated carbocycles.